The Bertz CT molecular complexity index is 521. The summed E-state index contributed by atoms with van der Waals surface area (Å²) >= 11 is 0. The van der Waals surface area contributed by atoms with Gasteiger partial charge in [0.15, 0.2) is 5.69 Å². The van der Waals surface area contributed by atoms with Crippen molar-refractivity contribution >= 4 is 5.97 Å². The van der Waals surface area contributed by atoms with Gasteiger partial charge < -0.3 is 9.52 Å². The molecule has 0 aliphatic carbocycles. The zero-order valence-corrected chi connectivity index (χ0v) is 10.7. The molecule has 0 aliphatic rings. The van der Waals surface area contributed by atoms with Gasteiger partial charge in [0.05, 0.1) is 25.5 Å². The molecule has 0 unspecified atom stereocenters. The van der Waals surface area contributed by atoms with Crippen molar-refractivity contribution in [3.63, 3.8) is 0 Å². The number of aromatic carboxylic acids is 1. The minimum absolute atomic E-state index is 0.0333. The second kappa shape index (κ2) is 6.14. The Balaban J connectivity index is 1.86. The highest BCUT2D eigenvalue weighted by molar-refractivity contribution is 5.84. The van der Waals surface area contributed by atoms with Crippen LogP contribution < -0.4 is 0 Å². The third-order valence-electron chi connectivity index (χ3n) is 2.81. The fraction of sp³-hybridized carbons (Fsp3) is 0.417. The lowest BCUT2D eigenvalue weighted by molar-refractivity contribution is 0.0690. The topological polar surface area (TPSA) is 84.4 Å². The van der Waals surface area contributed by atoms with Gasteiger partial charge in [-0.25, -0.2) is 4.79 Å². The van der Waals surface area contributed by atoms with Gasteiger partial charge in [-0.1, -0.05) is 12.1 Å². The highest BCUT2D eigenvalue weighted by atomic mass is 16.4. The van der Waals surface area contributed by atoms with Crippen LogP contribution in [-0.2, 0) is 13.1 Å². The Hall–Kier alpha value is -2.15. The van der Waals surface area contributed by atoms with Gasteiger partial charge in [0.1, 0.15) is 5.76 Å². The number of likely N-dealkylation sites (N-methyl/N-ethyl adjacent to an activating group) is 1. The average molecular weight is 264 g/mol. The summed E-state index contributed by atoms with van der Waals surface area (Å²) in [6.45, 7) is 5.01. The Morgan fingerprint density at radius 3 is 3.00 bits per heavy atom. The Labute approximate surface area is 110 Å². The first-order valence-corrected chi connectivity index (χ1v) is 6.07. The molecule has 102 valence electrons. The number of furan rings is 1. The number of carboxylic acid groups (broad SMARTS) is 1. The molecule has 19 heavy (non-hydrogen) atoms. The summed E-state index contributed by atoms with van der Waals surface area (Å²) in [6.07, 6.45) is 3.09. The average Bonchev–Trinajstić information content (AvgIpc) is 3.05. The molecule has 1 N–H and O–H groups in total. The van der Waals surface area contributed by atoms with E-state index in [-0.39, 0.29) is 5.69 Å². The normalized spacial score (nSPS) is 11.1. The fourth-order valence-corrected chi connectivity index (χ4v) is 1.72. The number of aromatic nitrogens is 3. The smallest absolute Gasteiger partial charge is 0.358 e. The molecule has 7 nitrogen and oxygen atoms in total. The second-order valence-electron chi connectivity index (χ2n) is 4.12. The monoisotopic (exact) mass is 264 g/mol. The first-order chi connectivity index (χ1) is 9.19. The molecule has 2 aromatic heterocycles. The molecule has 0 saturated heterocycles. The van der Waals surface area contributed by atoms with Crippen LogP contribution in [0.3, 0.4) is 0 Å². The number of hydrogen-bond acceptors (Lipinski definition) is 5. The van der Waals surface area contributed by atoms with Crippen molar-refractivity contribution < 1.29 is 14.3 Å². The van der Waals surface area contributed by atoms with E-state index in [1.807, 2.05) is 12.1 Å². The van der Waals surface area contributed by atoms with E-state index in [0.29, 0.717) is 6.54 Å². The minimum Gasteiger partial charge on any atom is -0.476 e. The van der Waals surface area contributed by atoms with Crippen molar-refractivity contribution in [2.75, 3.05) is 13.1 Å². The minimum atomic E-state index is -1.06. The molecule has 0 bridgehead atoms. The lowest BCUT2D eigenvalue weighted by Gasteiger charge is -2.18. The van der Waals surface area contributed by atoms with E-state index >= 15 is 0 Å². The van der Waals surface area contributed by atoms with E-state index in [1.54, 1.807) is 6.26 Å². The van der Waals surface area contributed by atoms with Crippen molar-refractivity contribution in [2.24, 2.45) is 0 Å². The maximum absolute atomic E-state index is 10.7. The number of nitrogens with zero attached hydrogens (tertiary/aromatic N) is 4. The van der Waals surface area contributed by atoms with E-state index in [1.165, 1.54) is 10.9 Å². The number of hydrogen-bond donors (Lipinski definition) is 1. The zero-order valence-electron chi connectivity index (χ0n) is 10.7. The van der Waals surface area contributed by atoms with Gasteiger partial charge in [0, 0.05) is 6.54 Å². The van der Waals surface area contributed by atoms with Gasteiger partial charge in [-0.05, 0) is 18.7 Å². The lowest BCUT2D eigenvalue weighted by atomic mass is 10.4. The standard InChI is InChI=1S/C12H16N4O3/c1-2-15(8-10-4-3-7-19-10)5-6-16-9-11(12(17)18)13-14-16/h3-4,7,9H,2,5-6,8H2,1H3,(H,17,18). The van der Waals surface area contributed by atoms with Crippen LogP contribution in [0, 0.1) is 0 Å². The molecule has 0 atom stereocenters. The SMILES string of the molecule is CCN(CCn1cc(C(=O)O)nn1)Cc1ccco1. The summed E-state index contributed by atoms with van der Waals surface area (Å²) in [5.74, 6) is -0.152. The van der Waals surface area contributed by atoms with Gasteiger partial charge in [-0.15, -0.1) is 5.10 Å². The van der Waals surface area contributed by atoms with Crippen LogP contribution >= 0.6 is 0 Å². The van der Waals surface area contributed by atoms with E-state index in [0.717, 1.165) is 25.4 Å². The molecule has 7 heteroatoms. The Morgan fingerprint density at radius 1 is 1.58 bits per heavy atom. The summed E-state index contributed by atoms with van der Waals surface area (Å²) < 4.78 is 6.84. The van der Waals surface area contributed by atoms with Crippen molar-refractivity contribution in [3.8, 4) is 0 Å². The second-order valence-corrected chi connectivity index (χ2v) is 4.12. The molecule has 0 amide bonds. The Kier molecular flexibility index (Phi) is 4.30. The molecule has 2 rings (SSSR count). The fourth-order valence-electron chi connectivity index (χ4n) is 1.72. The van der Waals surface area contributed by atoms with Crippen molar-refractivity contribution in [1.82, 2.24) is 19.9 Å². The van der Waals surface area contributed by atoms with Crippen molar-refractivity contribution in [3.05, 3.63) is 36.0 Å². The number of carboxylic acids is 1. The van der Waals surface area contributed by atoms with E-state index in [2.05, 4.69) is 22.1 Å². The summed E-state index contributed by atoms with van der Waals surface area (Å²) in [5, 5.41) is 16.1. The quantitative estimate of drug-likeness (QED) is 0.805. The largest absolute Gasteiger partial charge is 0.476 e. The molecule has 0 fully saturated rings. The van der Waals surface area contributed by atoms with Crippen LogP contribution in [0.4, 0.5) is 0 Å². The molecule has 0 aliphatic heterocycles. The Morgan fingerprint density at radius 2 is 2.42 bits per heavy atom. The van der Waals surface area contributed by atoms with Crippen LogP contribution in [0.15, 0.2) is 29.0 Å². The van der Waals surface area contributed by atoms with E-state index < -0.39 is 5.97 Å². The molecule has 0 aromatic carbocycles. The molecule has 2 heterocycles. The predicted molar refractivity (Wildman–Crippen MR) is 66.6 cm³/mol. The van der Waals surface area contributed by atoms with Crippen LogP contribution in [0.1, 0.15) is 23.2 Å². The number of rotatable bonds is 7. The van der Waals surface area contributed by atoms with Gasteiger partial charge in [-0.3, -0.25) is 9.58 Å². The highest BCUT2D eigenvalue weighted by Gasteiger charge is 2.10. The molecule has 0 saturated carbocycles. The van der Waals surface area contributed by atoms with E-state index in [9.17, 15) is 4.79 Å². The van der Waals surface area contributed by atoms with Crippen molar-refractivity contribution in [2.45, 2.75) is 20.0 Å². The van der Waals surface area contributed by atoms with Crippen molar-refractivity contribution in [1.29, 1.82) is 0 Å². The van der Waals surface area contributed by atoms with Gasteiger partial charge >= 0.3 is 5.97 Å². The molecular weight excluding hydrogens is 248 g/mol. The first kappa shape index (κ1) is 13.3. The molecule has 2 aromatic rings. The van der Waals surface area contributed by atoms with Crippen LogP contribution in [0.25, 0.3) is 0 Å². The van der Waals surface area contributed by atoms with Crippen LogP contribution in [0.2, 0.25) is 0 Å². The van der Waals surface area contributed by atoms with Crippen LogP contribution in [0.5, 0.6) is 0 Å². The maximum Gasteiger partial charge on any atom is 0.358 e. The predicted octanol–water partition coefficient (Wildman–Crippen LogP) is 1.09. The van der Waals surface area contributed by atoms with Gasteiger partial charge in [-0.2, -0.15) is 0 Å². The van der Waals surface area contributed by atoms with E-state index in [4.69, 9.17) is 9.52 Å². The molecule has 0 spiro atoms. The summed E-state index contributed by atoms with van der Waals surface area (Å²) in [6, 6.07) is 3.79. The van der Waals surface area contributed by atoms with Gasteiger partial charge in [0.25, 0.3) is 0 Å². The third-order valence-corrected chi connectivity index (χ3v) is 2.81. The summed E-state index contributed by atoms with van der Waals surface area (Å²) in [7, 11) is 0. The zero-order chi connectivity index (χ0) is 13.7. The maximum atomic E-state index is 10.7. The lowest BCUT2D eigenvalue weighted by Crippen LogP contribution is -2.27. The molecule has 0 radical (unpaired) electrons. The number of carbonyl (C=O) groups is 1. The summed E-state index contributed by atoms with van der Waals surface area (Å²) in [5.41, 5.74) is -0.0333. The highest BCUT2D eigenvalue weighted by Crippen LogP contribution is 2.05. The van der Waals surface area contributed by atoms with Crippen LogP contribution in [-0.4, -0.2) is 44.1 Å². The first-order valence-electron chi connectivity index (χ1n) is 6.07. The molecular formula is C12H16N4O3. The van der Waals surface area contributed by atoms with Gasteiger partial charge in [0.2, 0.25) is 0 Å². The summed E-state index contributed by atoms with van der Waals surface area (Å²) in [4.78, 5) is 12.9. The third kappa shape index (κ3) is 3.65.